The number of aromatic nitrogens is 2. The summed E-state index contributed by atoms with van der Waals surface area (Å²) in [6.45, 7) is 0. The Labute approximate surface area is 39.7 Å². The third-order valence-corrected chi connectivity index (χ3v) is 0.283. The second-order valence-corrected chi connectivity index (χ2v) is 0.591. The molecule has 5 nitrogen and oxygen atoms in total. The number of nitrogens with zero attached hydrogens (tertiary/aromatic N) is 2. The summed E-state index contributed by atoms with van der Waals surface area (Å²) in [5.74, 6) is 3.50. The molecule has 0 aromatic carbocycles. The smallest absolute Gasteiger partial charge is 0.0913 e. The molecule has 0 unspecified atom stereocenters. The molecule has 7 heavy (non-hydrogen) atoms. The summed E-state index contributed by atoms with van der Waals surface area (Å²) in [7, 11) is 0. The summed E-state index contributed by atoms with van der Waals surface area (Å²) in [5.41, 5.74) is 0. The van der Waals surface area contributed by atoms with E-state index in [-0.39, 0.29) is 0 Å². The van der Waals surface area contributed by atoms with E-state index in [4.69, 9.17) is 5.21 Å². The highest BCUT2D eigenvalue weighted by Gasteiger charge is 1.61. The fraction of sp³-hybridized carbons (Fsp3) is 0. The Bertz CT molecular complexity index is 67.4. The van der Waals surface area contributed by atoms with Crippen LogP contribution in [0.15, 0.2) is 17.0 Å². The molecular formula is C2H5N3O2. The molecule has 0 saturated carbocycles. The SMILES string of the molecule is NO.c1cnon1. The normalized spacial score (nSPS) is 6.57. The minimum absolute atomic E-state index is 1.47. The van der Waals surface area contributed by atoms with Gasteiger partial charge in [-0.15, -0.1) is 0 Å². The van der Waals surface area contributed by atoms with E-state index in [0.717, 1.165) is 0 Å². The second kappa shape index (κ2) is 5.06. The molecule has 0 saturated heterocycles. The summed E-state index contributed by atoms with van der Waals surface area (Å²) in [6.07, 6.45) is 2.94. The first-order chi connectivity index (χ1) is 3.50. The van der Waals surface area contributed by atoms with Gasteiger partial charge in [0.2, 0.25) is 0 Å². The monoisotopic (exact) mass is 103 g/mol. The van der Waals surface area contributed by atoms with Gasteiger partial charge in [-0.25, -0.2) is 10.5 Å². The van der Waals surface area contributed by atoms with Gasteiger partial charge in [0.1, 0.15) is 0 Å². The maximum absolute atomic E-state index is 6.50. The molecule has 1 rings (SSSR count). The molecule has 1 heterocycles. The fourth-order valence-electron chi connectivity index (χ4n) is 0.136. The third-order valence-electron chi connectivity index (χ3n) is 0.283. The van der Waals surface area contributed by atoms with Gasteiger partial charge in [0.25, 0.3) is 0 Å². The van der Waals surface area contributed by atoms with Gasteiger partial charge >= 0.3 is 0 Å². The van der Waals surface area contributed by atoms with Crippen molar-refractivity contribution in [3.8, 4) is 0 Å². The van der Waals surface area contributed by atoms with E-state index < -0.39 is 0 Å². The van der Waals surface area contributed by atoms with Crippen molar-refractivity contribution in [3.05, 3.63) is 12.4 Å². The van der Waals surface area contributed by atoms with E-state index in [1.165, 1.54) is 12.4 Å². The van der Waals surface area contributed by atoms with E-state index in [1.54, 1.807) is 0 Å². The first kappa shape index (κ1) is 6.06. The van der Waals surface area contributed by atoms with Crippen LogP contribution in [-0.2, 0) is 0 Å². The number of rotatable bonds is 0. The number of nitrogens with two attached hydrogens (primary N) is 1. The molecule has 0 radical (unpaired) electrons. The standard InChI is InChI=1S/C2H2N2O.H3NO/c1-2-4-5-3-1;1-2/h1-2H;2H,1H2. The van der Waals surface area contributed by atoms with E-state index in [1.807, 2.05) is 0 Å². The van der Waals surface area contributed by atoms with Crippen LogP contribution in [0.3, 0.4) is 0 Å². The summed E-state index contributed by atoms with van der Waals surface area (Å²) >= 11 is 0. The zero-order valence-corrected chi connectivity index (χ0v) is 3.48. The Balaban J connectivity index is 0.000000162. The predicted molar refractivity (Wildman–Crippen MR) is 20.3 cm³/mol. The molecule has 3 N–H and O–H groups in total. The highest BCUT2D eigenvalue weighted by molar-refractivity contribution is 4.51. The average molecular weight is 103 g/mol. The molecule has 0 aliphatic carbocycles. The van der Waals surface area contributed by atoms with Crippen molar-refractivity contribution in [2.24, 2.45) is 5.90 Å². The lowest BCUT2D eigenvalue weighted by Crippen LogP contribution is -1.72. The van der Waals surface area contributed by atoms with Crippen LogP contribution in [-0.4, -0.2) is 15.5 Å². The Morgan fingerprint density at radius 3 is 1.86 bits per heavy atom. The number of hydrogen-bond donors (Lipinski definition) is 2. The molecule has 0 bridgehead atoms. The summed E-state index contributed by atoms with van der Waals surface area (Å²) in [6, 6.07) is 0. The van der Waals surface area contributed by atoms with Gasteiger partial charge in [-0.2, -0.15) is 0 Å². The largest absolute Gasteiger partial charge is 0.320 e. The predicted octanol–water partition coefficient (Wildman–Crippen LogP) is -0.596. The summed E-state index contributed by atoms with van der Waals surface area (Å²) in [4.78, 5) is 0. The van der Waals surface area contributed by atoms with Crippen molar-refractivity contribution in [3.63, 3.8) is 0 Å². The van der Waals surface area contributed by atoms with Crippen LogP contribution in [0.2, 0.25) is 0 Å². The van der Waals surface area contributed by atoms with Gasteiger partial charge in [-0.1, -0.05) is 10.3 Å². The molecular weight excluding hydrogens is 98.0 g/mol. The zero-order valence-electron chi connectivity index (χ0n) is 3.48. The van der Waals surface area contributed by atoms with Crippen molar-refractivity contribution in [1.29, 1.82) is 0 Å². The van der Waals surface area contributed by atoms with Gasteiger partial charge in [0.05, 0.1) is 12.4 Å². The van der Waals surface area contributed by atoms with Crippen molar-refractivity contribution in [1.82, 2.24) is 10.3 Å². The van der Waals surface area contributed by atoms with Crippen molar-refractivity contribution >= 4 is 0 Å². The summed E-state index contributed by atoms with van der Waals surface area (Å²) < 4.78 is 4.08. The van der Waals surface area contributed by atoms with Gasteiger partial charge in [0, 0.05) is 0 Å². The molecule has 1 aromatic heterocycles. The molecule has 40 valence electrons. The average Bonchev–Trinajstić information content (AvgIpc) is 2.23. The molecule has 0 aliphatic heterocycles. The molecule has 0 aliphatic rings. The van der Waals surface area contributed by atoms with Gasteiger partial charge in [-0.3, -0.25) is 0 Å². The van der Waals surface area contributed by atoms with Crippen molar-refractivity contribution < 1.29 is 9.84 Å². The van der Waals surface area contributed by atoms with Crippen LogP contribution in [0.4, 0.5) is 0 Å². The van der Waals surface area contributed by atoms with E-state index >= 15 is 0 Å². The first-order valence-electron chi connectivity index (χ1n) is 1.47. The number of hydrogen-bond acceptors (Lipinski definition) is 5. The highest BCUT2D eigenvalue weighted by Crippen LogP contribution is 1.62. The van der Waals surface area contributed by atoms with Gasteiger partial charge in [-0.05, 0) is 0 Å². The van der Waals surface area contributed by atoms with Crippen LogP contribution in [0.5, 0.6) is 0 Å². The zero-order chi connectivity index (χ0) is 5.54. The van der Waals surface area contributed by atoms with Gasteiger partial charge < -0.3 is 5.21 Å². The van der Waals surface area contributed by atoms with E-state index in [9.17, 15) is 0 Å². The molecule has 0 amide bonds. The van der Waals surface area contributed by atoms with E-state index in [2.05, 4.69) is 20.8 Å². The van der Waals surface area contributed by atoms with Crippen LogP contribution in [0.25, 0.3) is 0 Å². The lowest BCUT2D eigenvalue weighted by molar-refractivity contribution is 0.307. The Morgan fingerprint density at radius 2 is 1.71 bits per heavy atom. The lowest BCUT2D eigenvalue weighted by Gasteiger charge is -1.45. The quantitative estimate of drug-likeness (QED) is 0.428. The van der Waals surface area contributed by atoms with Crippen LogP contribution < -0.4 is 5.90 Å². The molecule has 0 spiro atoms. The molecule has 0 atom stereocenters. The van der Waals surface area contributed by atoms with Crippen molar-refractivity contribution in [2.75, 3.05) is 0 Å². The summed E-state index contributed by atoms with van der Waals surface area (Å²) in [5, 5.41) is 13.0. The van der Waals surface area contributed by atoms with Crippen LogP contribution in [0.1, 0.15) is 0 Å². The third kappa shape index (κ3) is 2.87. The van der Waals surface area contributed by atoms with Crippen LogP contribution >= 0.6 is 0 Å². The lowest BCUT2D eigenvalue weighted by atomic mass is 11.0. The minimum Gasteiger partial charge on any atom is -0.320 e. The first-order valence-corrected chi connectivity index (χ1v) is 1.47. The molecule has 1 aromatic rings. The minimum atomic E-state index is 1.47. The maximum atomic E-state index is 6.50. The second-order valence-electron chi connectivity index (χ2n) is 0.591. The Kier molecular flexibility index (Phi) is 4.38. The Morgan fingerprint density at radius 1 is 1.29 bits per heavy atom. The maximum Gasteiger partial charge on any atom is 0.0913 e. The Hall–Kier alpha value is -0.940. The van der Waals surface area contributed by atoms with Crippen LogP contribution in [0, 0.1) is 0 Å². The molecule has 0 fully saturated rings. The van der Waals surface area contributed by atoms with Crippen molar-refractivity contribution in [2.45, 2.75) is 0 Å². The topological polar surface area (TPSA) is 85.2 Å². The van der Waals surface area contributed by atoms with Gasteiger partial charge in [0.15, 0.2) is 0 Å². The fourth-order valence-corrected chi connectivity index (χ4v) is 0.136. The molecule has 5 heteroatoms. The van der Waals surface area contributed by atoms with E-state index in [0.29, 0.717) is 0 Å². The highest BCUT2D eigenvalue weighted by atomic mass is 16.6.